The Bertz CT molecular complexity index is 782. The molecule has 3 rings (SSSR count). The molecule has 0 fully saturated rings. The molecule has 0 bridgehead atoms. The van der Waals surface area contributed by atoms with E-state index in [1.807, 2.05) is 25.1 Å². The lowest BCUT2D eigenvalue weighted by Crippen LogP contribution is -2.26. The van der Waals surface area contributed by atoms with Gasteiger partial charge in [0, 0.05) is 23.6 Å². The number of benzene rings is 1. The van der Waals surface area contributed by atoms with E-state index in [2.05, 4.69) is 15.4 Å². The summed E-state index contributed by atoms with van der Waals surface area (Å²) in [7, 11) is 0. The highest BCUT2D eigenvalue weighted by atomic mass is 35.5. The van der Waals surface area contributed by atoms with Gasteiger partial charge in [-0.2, -0.15) is 5.10 Å². The molecular formula is C17H15ClN4O. The number of nitrogens with one attached hydrogen (secondary N) is 1. The Kier molecular flexibility index (Phi) is 4.39. The molecular weight excluding hydrogens is 312 g/mol. The Hall–Kier alpha value is -2.66. The first-order valence-corrected chi connectivity index (χ1v) is 7.53. The minimum absolute atomic E-state index is 0.120. The maximum absolute atomic E-state index is 12.3. The smallest absolute Gasteiger partial charge is 0.253 e. The van der Waals surface area contributed by atoms with Gasteiger partial charge in [-0.25, -0.2) is 9.67 Å². The second kappa shape index (κ2) is 6.62. The van der Waals surface area contributed by atoms with E-state index in [4.69, 9.17) is 11.6 Å². The zero-order chi connectivity index (χ0) is 16.2. The van der Waals surface area contributed by atoms with Gasteiger partial charge in [-0.15, -0.1) is 0 Å². The number of nitrogens with zero attached hydrogens (tertiary/aromatic N) is 3. The van der Waals surface area contributed by atoms with Gasteiger partial charge in [0.05, 0.1) is 11.6 Å². The zero-order valence-electron chi connectivity index (χ0n) is 12.5. The van der Waals surface area contributed by atoms with Crippen molar-refractivity contribution in [2.75, 3.05) is 0 Å². The van der Waals surface area contributed by atoms with Crippen LogP contribution in [0.25, 0.3) is 5.82 Å². The third-order valence-electron chi connectivity index (χ3n) is 3.47. The van der Waals surface area contributed by atoms with E-state index in [1.165, 1.54) is 0 Å². The molecule has 0 aliphatic heterocycles. The molecule has 1 unspecified atom stereocenters. The lowest BCUT2D eigenvalue weighted by atomic mass is 10.1. The van der Waals surface area contributed by atoms with Gasteiger partial charge in [-0.05, 0) is 42.8 Å². The lowest BCUT2D eigenvalue weighted by molar-refractivity contribution is 0.0939. The Morgan fingerprint density at radius 1 is 1.22 bits per heavy atom. The van der Waals surface area contributed by atoms with Gasteiger partial charge in [0.15, 0.2) is 5.82 Å². The molecule has 23 heavy (non-hydrogen) atoms. The van der Waals surface area contributed by atoms with Crippen LogP contribution in [0.3, 0.4) is 0 Å². The van der Waals surface area contributed by atoms with Crippen LogP contribution in [0.15, 0.2) is 61.1 Å². The van der Waals surface area contributed by atoms with Crippen LogP contribution in [0.2, 0.25) is 5.02 Å². The Morgan fingerprint density at radius 2 is 2.00 bits per heavy atom. The van der Waals surface area contributed by atoms with E-state index in [0.29, 0.717) is 16.4 Å². The van der Waals surface area contributed by atoms with Crippen molar-refractivity contribution in [1.82, 2.24) is 20.1 Å². The van der Waals surface area contributed by atoms with E-state index >= 15 is 0 Å². The molecule has 0 radical (unpaired) electrons. The SMILES string of the molecule is CC(NC(=O)c1ccc(-n2cccn2)nc1)c1ccc(Cl)cc1. The summed E-state index contributed by atoms with van der Waals surface area (Å²) >= 11 is 5.87. The fourth-order valence-corrected chi connectivity index (χ4v) is 2.30. The molecule has 2 heterocycles. The van der Waals surface area contributed by atoms with Gasteiger partial charge in [0.2, 0.25) is 0 Å². The number of aromatic nitrogens is 3. The van der Waals surface area contributed by atoms with Crippen LogP contribution in [0.1, 0.15) is 28.9 Å². The number of carbonyl (C=O) groups is 1. The first-order chi connectivity index (χ1) is 11.1. The number of hydrogen-bond acceptors (Lipinski definition) is 3. The fourth-order valence-electron chi connectivity index (χ4n) is 2.17. The monoisotopic (exact) mass is 326 g/mol. The molecule has 0 saturated carbocycles. The minimum atomic E-state index is -0.174. The van der Waals surface area contributed by atoms with Gasteiger partial charge >= 0.3 is 0 Å². The average Bonchev–Trinajstić information content (AvgIpc) is 3.10. The van der Waals surface area contributed by atoms with E-state index < -0.39 is 0 Å². The molecule has 5 nitrogen and oxygen atoms in total. The van der Waals surface area contributed by atoms with Crippen molar-refractivity contribution in [2.45, 2.75) is 13.0 Å². The molecule has 0 aliphatic carbocycles. The van der Waals surface area contributed by atoms with Crippen LogP contribution in [0.5, 0.6) is 0 Å². The molecule has 1 amide bonds. The summed E-state index contributed by atoms with van der Waals surface area (Å²) < 4.78 is 1.64. The zero-order valence-corrected chi connectivity index (χ0v) is 13.2. The molecule has 0 saturated heterocycles. The van der Waals surface area contributed by atoms with Crippen molar-refractivity contribution in [3.63, 3.8) is 0 Å². The quantitative estimate of drug-likeness (QED) is 0.799. The molecule has 6 heteroatoms. The van der Waals surface area contributed by atoms with Crippen molar-refractivity contribution in [1.29, 1.82) is 0 Å². The summed E-state index contributed by atoms with van der Waals surface area (Å²) in [5, 5.41) is 7.71. The van der Waals surface area contributed by atoms with Crippen LogP contribution >= 0.6 is 11.6 Å². The van der Waals surface area contributed by atoms with E-state index in [0.717, 1.165) is 5.56 Å². The van der Waals surface area contributed by atoms with Crippen molar-refractivity contribution in [3.05, 3.63) is 77.2 Å². The Labute approximate surface area is 138 Å². The summed E-state index contributed by atoms with van der Waals surface area (Å²) in [6.07, 6.45) is 5.02. The third-order valence-corrected chi connectivity index (χ3v) is 3.72. The Balaban J connectivity index is 1.69. The van der Waals surface area contributed by atoms with Crippen molar-refractivity contribution >= 4 is 17.5 Å². The third kappa shape index (κ3) is 3.57. The number of amides is 1. The molecule has 1 atom stereocenters. The molecule has 1 N–H and O–H groups in total. The second-order valence-electron chi connectivity index (χ2n) is 5.10. The molecule has 116 valence electrons. The van der Waals surface area contributed by atoms with Crippen molar-refractivity contribution < 1.29 is 4.79 Å². The first kappa shape index (κ1) is 15.2. The topological polar surface area (TPSA) is 59.8 Å². The number of rotatable bonds is 4. The average molecular weight is 327 g/mol. The lowest BCUT2D eigenvalue weighted by Gasteiger charge is -2.14. The number of halogens is 1. The summed E-state index contributed by atoms with van der Waals surface area (Å²) in [4.78, 5) is 16.5. The van der Waals surface area contributed by atoms with Gasteiger partial charge in [-0.3, -0.25) is 4.79 Å². The highest BCUT2D eigenvalue weighted by Crippen LogP contribution is 2.16. The van der Waals surface area contributed by atoms with Crippen LogP contribution < -0.4 is 5.32 Å². The summed E-state index contributed by atoms with van der Waals surface area (Å²) in [5.74, 6) is 0.490. The van der Waals surface area contributed by atoms with Crippen LogP contribution in [-0.2, 0) is 0 Å². The molecule has 1 aromatic carbocycles. The van der Waals surface area contributed by atoms with Gasteiger partial charge < -0.3 is 5.32 Å². The van der Waals surface area contributed by atoms with E-state index in [9.17, 15) is 4.79 Å². The normalized spacial score (nSPS) is 11.9. The van der Waals surface area contributed by atoms with Gasteiger partial charge in [-0.1, -0.05) is 23.7 Å². The molecule has 0 aliphatic rings. The Morgan fingerprint density at radius 3 is 2.61 bits per heavy atom. The summed E-state index contributed by atoms with van der Waals surface area (Å²) in [6.45, 7) is 1.92. The maximum Gasteiger partial charge on any atom is 0.253 e. The van der Waals surface area contributed by atoms with Crippen molar-refractivity contribution in [3.8, 4) is 5.82 Å². The first-order valence-electron chi connectivity index (χ1n) is 7.16. The predicted octanol–water partition coefficient (Wildman–Crippen LogP) is 3.41. The fraction of sp³-hybridized carbons (Fsp3) is 0.118. The maximum atomic E-state index is 12.3. The molecule has 2 aromatic heterocycles. The number of carbonyl (C=O) groups excluding carboxylic acids is 1. The highest BCUT2D eigenvalue weighted by Gasteiger charge is 2.12. The molecule has 3 aromatic rings. The van der Waals surface area contributed by atoms with Gasteiger partial charge in [0.25, 0.3) is 5.91 Å². The van der Waals surface area contributed by atoms with E-state index in [1.54, 1.807) is 47.5 Å². The summed E-state index contributed by atoms with van der Waals surface area (Å²) in [6, 6.07) is 12.6. The second-order valence-corrected chi connectivity index (χ2v) is 5.54. The number of pyridine rings is 1. The van der Waals surface area contributed by atoms with Crippen LogP contribution in [0, 0.1) is 0 Å². The standard InChI is InChI=1S/C17H15ClN4O/c1-12(13-3-6-15(18)7-4-13)21-17(23)14-5-8-16(19-11-14)22-10-2-9-20-22/h2-12H,1H3,(H,21,23). The minimum Gasteiger partial charge on any atom is -0.345 e. The summed E-state index contributed by atoms with van der Waals surface area (Å²) in [5.41, 5.74) is 1.49. The number of hydrogen-bond donors (Lipinski definition) is 1. The molecule has 0 spiro atoms. The van der Waals surface area contributed by atoms with E-state index in [-0.39, 0.29) is 11.9 Å². The predicted molar refractivity (Wildman–Crippen MR) is 88.7 cm³/mol. The highest BCUT2D eigenvalue weighted by molar-refractivity contribution is 6.30. The van der Waals surface area contributed by atoms with Crippen molar-refractivity contribution in [2.24, 2.45) is 0 Å². The van der Waals surface area contributed by atoms with Crippen LogP contribution in [-0.4, -0.2) is 20.7 Å². The van der Waals surface area contributed by atoms with Crippen LogP contribution in [0.4, 0.5) is 0 Å². The largest absolute Gasteiger partial charge is 0.345 e. The van der Waals surface area contributed by atoms with Gasteiger partial charge in [0.1, 0.15) is 0 Å².